The van der Waals surface area contributed by atoms with Crippen LogP contribution in [0, 0.1) is 12.3 Å². The normalized spacial score (nSPS) is 15.3. The molecule has 0 unspecified atom stereocenters. The van der Waals surface area contributed by atoms with E-state index < -0.39 is 0 Å². The first-order valence-corrected chi connectivity index (χ1v) is 8.07. The highest BCUT2D eigenvalue weighted by molar-refractivity contribution is 6.21. The van der Waals surface area contributed by atoms with E-state index in [2.05, 4.69) is 10.3 Å². The number of rotatable bonds is 3. The molecule has 1 heterocycles. The summed E-state index contributed by atoms with van der Waals surface area (Å²) in [6.07, 6.45) is 4.69. The Morgan fingerprint density at radius 3 is 2.54 bits per heavy atom. The summed E-state index contributed by atoms with van der Waals surface area (Å²) in [6.45, 7) is 3.20. The maximum absolute atomic E-state index is 12.9. The molecule has 0 atom stereocenters. The number of para-hydroxylation sites is 1. The largest absolute Gasteiger partial charge is 0.324 e. The molecule has 0 saturated carbocycles. The van der Waals surface area contributed by atoms with Gasteiger partial charge in [-0.15, -0.1) is 0 Å². The van der Waals surface area contributed by atoms with Crippen molar-refractivity contribution >= 4 is 23.0 Å². The van der Waals surface area contributed by atoms with Gasteiger partial charge in [-0.3, -0.25) is 14.3 Å². The molecule has 1 aliphatic carbocycles. The Hall–Kier alpha value is -3.48. The van der Waals surface area contributed by atoms with E-state index in [-0.39, 0.29) is 17.2 Å². The fraction of sp³-hybridized carbons (Fsp3) is 0.158. The molecule has 3 rings (SSSR count). The van der Waals surface area contributed by atoms with Crippen molar-refractivity contribution in [2.75, 3.05) is 0 Å². The fourth-order valence-electron chi connectivity index (χ4n) is 2.73. The first-order chi connectivity index (χ1) is 12.4. The molecule has 0 bridgehead atoms. The molecule has 2 N–H and O–H groups in total. The predicted molar refractivity (Wildman–Crippen MR) is 102 cm³/mol. The van der Waals surface area contributed by atoms with E-state index in [9.17, 15) is 9.59 Å². The van der Waals surface area contributed by atoms with Gasteiger partial charge in [-0.2, -0.15) is 0 Å². The van der Waals surface area contributed by atoms with Crippen LogP contribution in [0.25, 0.3) is 5.69 Å². The average Bonchev–Trinajstić information content (AvgIpc) is 2.81. The van der Waals surface area contributed by atoms with Crippen LogP contribution < -0.4 is 10.9 Å². The molecule has 132 valence electrons. The molecule has 0 aliphatic heterocycles. The summed E-state index contributed by atoms with van der Waals surface area (Å²) in [7, 11) is 1.80. The Balaban J connectivity index is 2.13. The monoisotopic (exact) mass is 349 g/mol. The number of amides is 1. The van der Waals surface area contributed by atoms with Gasteiger partial charge in [0, 0.05) is 14.0 Å². The van der Waals surface area contributed by atoms with E-state index in [1.54, 1.807) is 28.6 Å². The minimum atomic E-state index is -0.265. The van der Waals surface area contributed by atoms with E-state index in [4.69, 9.17) is 5.41 Å². The number of carbonyl (C=O) groups is 1. The van der Waals surface area contributed by atoms with Crippen molar-refractivity contribution in [3.63, 3.8) is 0 Å². The standard InChI is InChI=1S/C19H19N5O2/c1-12-18(19(26)24(23(12)3)15-7-5-4-6-8-15)22-16-10-9-14(20)11-17(16)21-13(2)25/h4-11,20H,1-3H3,(H,21,25)/b20-14?,22-16+. The van der Waals surface area contributed by atoms with Crippen molar-refractivity contribution in [1.29, 1.82) is 5.41 Å². The Labute approximate surface area is 150 Å². The Morgan fingerprint density at radius 2 is 1.88 bits per heavy atom. The van der Waals surface area contributed by atoms with Gasteiger partial charge in [0.05, 0.1) is 28.5 Å². The molecule has 7 nitrogen and oxygen atoms in total. The molecule has 1 aliphatic rings. The van der Waals surface area contributed by atoms with Gasteiger partial charge in [-0.1, -0.05) is 18.2 Å². The van der Waals surface area contributed by atoms with Gasteiger partial charge in [0.25, 0.3) is 5.56 Å². The quantitative estimate of drug-likeness (QED) is 0.831. The van der Waals surface area contributed by atoms with Crippen LogP contribution in [0.2, 0.25) is 0 Å². The molecule has 1 aromatic heterocycles. The summed E-state index contributed by atoms with van der Waals surface area (Å²) < 4.78 is 3.29. The van der Waals surface area contributed by atoms with E-state index in [0.29, 0.717) is 22.8 Å². The molecular weight excluding hydrogens is 330 g/mol. The maximum Gasteiger partial charge on any atom is 0.297 e. The maximum atomic E-state index is 12.9. The van der Waals surface area contributed by atoms with Gasteiger partial charge in [0.1, 0.15) is 0 Å². The van der Waals surface area contributed by atoms with Crippen LogP contribution in [-0.4, -0.2) is 26.7 Å². The number of benzene rings is 1. The lowest BCUT2D eigenvalue weighted by molar-refractivity contribution is -0.118. The zero-order valence-corrected chi connectivity index (χ0v) is 14.8. The molecule has 1 amide bonds. The van der Waals surface area contributed by atoms with E-state index in [0.717, 1.165) is 5.69 Å². The lowest BCUT2D eigenvalue weighted by atomic mass is 10.1. The Bertz CT molecular complexity index is 1040. The third kappa shape index (κ3) is 3.19. The Morgan fingerprint density at radius 1 is 1.19 bits per heavy atom. The summed E-state index contributed by atoms with van der Waals surface area (Å²) in [4.78, 5) is 28.9. The number of allylic oxidation sites excluding steroid dienone is 3. The molecule has 0 spiro atoms. The lowest BCUT2D eigenvalue weighted by Crippen LogP contribution is -2.26. The summed E-state index contributed by atoms with van der Waals surface area (Å²) >= 11 is 0. The molecule has 0 radical (unpaired) electrons. The molecular formula is C19H19N5O2. The number of aliphatic imine (C=N–C) groups is 1. The van der Waals surface area contributed by atoms with Gasteiger partial charge in [0.2, 0.25) is 5.91 Å². The number of nitrogens with one attached hydrogen (secondary N) is 2. The minimum Gasteiger partial charge on any atom is -0.324 e. The molecule has 1 aromatic carbocycles. The third-order valence-corrected chi connectivity index (χ3v) is 4.06. The zero-order chi connectivity index (χ0) is 18.8. The van der Waals surface area contributed by atoms with E-state index in [1.807, 2.05) is 37.3 Å². The van der Waals surface area contributed by atoms with Gasteiger partial charge < -0.3 is 10.7 Å². The van der Waals surface area contributed by atoms with Crippen molar-refractivity contribution in [2.24, 2.45) is 12.0 Å². The molecule has 0 fully saturated rings. The van der Waals surface area contributed by atoms with Crippen LogP contribution in [0.1, 0.15) is 12.6 Å². The highest BCUT2D eigenvalue weighted by atomic mass is 16.1. The number of nitrogens with zero attached hydrogens (tertiary/aromatic N) is 3. The van der Waals surface area contributed by atoms with Gasteiger partial charge in [-0.25, -0.2) is 9.67 Å². The van der Waals surface area contributed by atoms with Crippen molar-refractivity contribution in [3.05, 3.63) is 70.3 Å². The lowest BCUT2D eigenvalue weighted by Gasteiger charge is -2.11. The van der Waals surface area contributed by atoms with Crippen LogP contribution in [0.4, 0.5) is 5.69 Å². The Kier molecular flexibility index (Phi) is 4.53. The summed E-state index contributed by atoms with van der Waals surface area (Å²) in [5.41, 5.74) is 2.57. The van der Waals surface area contributed by atoms with Crippen LogP contribution in [0.3, 0.4) is 0 Å². The highest BCUT2D eigenvalue weighted by Gasteiger charge is 2.18. The second-order valence-electron chi connectivity index (χ2n) is 5.94. The number of aromatic nitrogens is 2. The SMILES string of the molecule is CC(=O)NC1=CC(=N)C=C/C1=N\c1c(C)n(C)n(-c2ccccc2)c1=O. The number of hydrogen-bond acceptors (Lipinski definition) is 4. The highest BCUT2D eigenvalue weighted by Crippen LogP contribution is 2.19. The summed E-state index contributed by atoms with van der Waals surface area (Å²) in [5.74, 6) is -0.265. The van der Waals surface area contributed by atoms with Crippen molar-refractivity contribution in [3.8, 4) is 5.69 Å². The van der Waals surface area contributed by atoms with Crippen LogP contribution >= 0.6 is 0 Å². The number of hydrogen-bond donors (Lipinski definition) is 2. The molecule has 2 aromatic rings. The first-order valence-electron chi connectivity index (χ1n) is 8.07. The van der Waals surface area contributed by atoms with Crippen molar-refractivity contribution in [2.45, 2.75) is 13.8 Å². The van der Waals surface area contributed by atoms with Crippen molar-refractivity contribution < 1.29 is 4.79 Å². The molecule has 26 heavy (non-hydrogen) atoms. The summed E-state index contributed by atoms with van der Waals surface area (Å²) in [6, 6.07) is 9.31. The van der Waals surface area contributed by atoms with E-state index >= 15 is 0 Å². The topological polar surface area (TPSA) is 92.2 Å². The molecule has 0 saturated heterocycles. The third-order valence-electron chi connectivity index (χ3n) is 4.06. The fourth-order valence-corrected chi connectivity index (χ4v) is 2.73. The first kappa shape index (κ1) is 17.3. The summed E-state index contributed by atoms with van der Waals surface area (Å²) in [5, 5.41) is 10.4. The zero-order valence-electron chi connectivity index (χ0n) is 14.8. The van der Waals surface area contributed by atoms with Gasteiger partial charge >= 0.3 is 0 Å². The van der Waals surface area contributed by atoms with Crippen molar-refractivity contribution in [1.82, 2.24) is 14.7 Å². The minimum absolute atomic E-state index is 0.249. The van der Waals surface area contributed by atoms with E-state index in [1.165, 1.54) is 13.0 Å². The van der Waals surface area contributed by atoms with Crippen LogP contribution in [-0.2, 0) is 11.8 Å². The number of carbonyl (C=O) groups excluding carboxylic acids is 1. The molecule has 7 heteroatoms. The van der Waals surface area contributed by atoms with Gasteiger partial charge in [-0.05, 0) is 37.3 Å². The predicted octanol–water partition coefficient (Wildman–Crippen LogP) is 2.17. The second-order valence-corrected chi connectivity index (χ2v) is 5.94. The second kappa shape index (κ2) is 6.79. The smallest absolute Gasteiger partial charge is 0.297 e. The average molecular weight is 349 g/mol. The van der Waals surface area contributed by atoms with Crippen LogP contribution in [0.15, 0.2) is 64.0 Å². The van der Waals surface area contributed by atoms with Gasteiger partial charge in [0.15, 0.2) is 5.69 Å². The van der Waals surface area contributed by atoms with Crippen LogP contribution in [0.5, 0.6) is 0 Å².